The molecular weight excluding hydrogens is 232 g/mol. The van der Waals surface area contributed by atoms with Gasteiger partial charge in [0, 0.05) is 19.1 Å². The van der Waals surface area contributed by atoms with E-state index in [1.165, 1.54) is 103 Å². The van der Waals surface area contributed by atoms with Crippen molar-refractivity contribution in [2.45, 2.75) is 83.1 Å². The summed E-state index contributed by atoms with van der Waals surface area (Å²) in [5.74, 6) is 0. The van der Waals surface area contributed by atoms with Gasteiger partial charge in [-0.25, -0.2) is 0 Å². The fraction of sp³-hybridized carbons (Fsp3) is 1.00. The average molecular weight is 266 g/mol. The van der Waals surface area contributed by atoms with E-state index in [4.69, 9.17) is 0 Å². The highest BCUT2D eigenvalue weighted by Gasteiger charge is 2.19. The molecule has 1 aliphatic carbocycles. The largest absolute Gasteiger partial charge is 0.315 e. The third-order valence-corrected chi connectivity index (χ3v) is 4.97. The molecule has 1 saturated carbocycles. The van der Waals surface area contributed by atoms with Gasteiger partial charge in [-0.1, -0.05) is 57.8 Å². The van der Waals surface area contributed by atoms with E-state index in [-0.39, 0.29) is 0 Å². The van der Waals surface area contributed by atoms with Gasteiger partial charge in [0.1, 0.15) is 0 Å². The van der Waals surface area contributed by atoms with Crippen LogP contribution in [0.3, 0.4) is 0 Å². The van der Waals surface area contributed by atoms with Crippen molar-refractivity contribution in [1.29, 1.82) is 0 Å². The topological polar surface area (TPSA) is 15.3 Å². The Kier molecular flexibility index (Phi) is 7.87. The van der Waals surface area contributed by atoms with Crippen molar-refractivity contribution in [3.63, 3.8) is 0 Å². The van der Waals surface area contributed by atoms with E-state index < -0.39 is 0 Å². The summed E-state index contributed by atoms with van der Waals surface area (Å²) in [6, 6.07) is 0.888. The van der Waals surface area contributed by atoms with Crippen molar-refractivity contribution < 1.29 is 0 Å². The van der Waals surface area contributed by atoms with Crippen molar-refractivity contribution in [3.05, 3.63) is 0 Å². The predicted octanol–water partition coefficient (Wildman–Crippen LogP) is 3.96. The molecule has 1 saturated heterocycles. The maximum absolute atomic E-state index is 3.54. The molecule has 2 rings (SSSR count). The smallest absolute Gasteiger partial charge is 0.0110 e. The first-order chi connectivity index (χ1) is 9.47. The summed E-state index contributed by atoms with van der Waals surface area (Å²) in [6.07, 6.45) is 17.6. The Morgan fingerprint density at radius 3 is 1.79 bits per heavy atom. The van der Waals surface area contributed by atoms with Crippen LogP contribution in [0.5, 0.6) is 0 Å². The second kappa shape index (κ2) is 9.77. The second-order valence-electron chi connectivity index (χ2n) is 6.55. The van der Waals surface area contributed by atoms with E-state index in [1.54, 1.807) is 0 Å². The lowest BCUT2D eigenvalue weighted by atomic mass is 9.97. The van der Waals surface area contributed by atoms with Gasteiger partial charge in [0.15, 0.2) is 0 Å². The molecule has 0 aromatic carbocycles. The molecule has 1 aliphatic heterocycles. The molecule has 0 amide bonds. The molecule has 0 aromatic heterocycles. The molecule has 112 valence electrons. The van der Waals surface area contributed by atoms with Crippen molar-refractivity contribution in [2.75, 3.05) is 26.2 Å². The molecule has 2 heteroatoms. The normalized spacial score (nSPS) is 27.2. The summed E-state index contributed by atoms with van der Waals surface area (Å²) in [6.45, 7) is 5.04. The third kappa shape index (κ3) is 6.27. The molecule has 0 aromatic rings. The van der Waals surface area contributed by atoms with Crippen LogP contribution in [-0.2, 0) is 0 Å². The highest BCUT2D eigenvalue weighted by atomic mass is 15.2. The van der Waals surface area contributed by atoms with E-state index in [1.807, 2.05) is 0 Å². The Morgan fingerprint density at radius 1 is 0.579 bits per heavy atom. The standard InChI is InChI=1S/C17H34N2/c1-2-4-6-8-11-17(12-9-7-5-3-1)19-15-10-13-18-14-16-19/h17-18H,1-16H2. The molecule has 2 nitrogen and oxygen atoms in total. The van der Waals surface area contributed by atoms with Gasteiger partial charge in [-0.3, -0.25) is 4.90 Å². The number of rotatable bonds is 1. The van der Waals surface area contributed by atoms with Gasteiger partial charge in [0.25, 0.3) is 0 Å². The van der Waals surface area contributed by atoms with Crippen molar-refractivity contribution in [1.82, 2.24) is 10.2 Å². The lowest BCUT2D eigenvalue weighted by molar-refractivity contribution is 0.180. The summed E-state index contributed by atoms with van der Waals surface area (Å²) in [5, 5.41) is 3.54. The van der Waals surface area contributed by atoms with Crippen LogP contribution in [0, 0.1) is 0 Å². The fourth-order valence-electron chi connectivity index (χ4n) is 3.74. The Balaban J connectivity index is 1.79. The van der Waals surface area contributed by atoms with E-state index in [0.29, 0.717) is 0 Å². The molecule has 2 fully saturated rings. The first-order valence-corrected chi connectivity index (χ1v) is 8.91. The highest BCUT2D eigenvalue weighted by molar-refractivity contribution is 4.76. The number of nitrogens with zero attached hydrogens (tertiary/aromatic N) is 1. The molecular formula is C17H34N2. The van der Waals surface area contributed by atoms with Crippen molar-refractivity contribution in [2.24, 2.45) is 0 Å². The third-order valence-electron chi connectivity index (χ3n) is 4.97. The Labute approximate surface area is 120 Å². The van der Waals surface area contributed by atoms with Crippen LogP contribution < -0.4 is 5.32 Å². The molecule has 1 N–H and O–H groups in total. The van der Waals surface area contributed by atoms with Crippen LogP contribution in [0.1, 0.15) is 77.0 Å². The molecule has 0 spiro atoms. The molecule has 0 bridgehead atoms. The first-order valence-electron chi connectivity index (χ1n) is 8.91. The fourth-order valence-corrected chi connectivity index (χ4v) is 3.74. The lowest BCUT2D eigenvalue weighted by Crippen LogP contribution is -2.38. The summed E-state index contributed by atoms with van der Waals surface area (Å²) in [7, 11) is 0. The quantitative estimate of drug-likeness (QED) is 0.773. The zero-order valence-corrected chi connectivity index (χ0v) is 12.8. The number of hydrogen-bond donors (Lipinski definition) is 1. The molecule has 0 unspecified atom stereocenters. The van der Waals surface area contributed by atoms with Crippen LogP contribution >= 0.6 is 0 Å². The van der Waals surface area contributed by atoms with Gasteiger partial charge >= 0.3 is 0 Å². The zero-order chi connectivity index (χ0) is 13.2. The van der Waals surface area contributed by atoms with Gasteiger partial charge in [-0.2, -0.15) is 0 Å². The molecule has 1 heterocycles. The van der Waals surface area contributed by atoms with E-state index in [9.17, 15) is 0 Å². The molecule has 19 heavy (non-hydrogen) atoms. The van der Waals surface area contributed by atoms with E-state index in [2.05, 4.69) is 10.2 Å². The van der Waals surface area contributed by atoms with Crippen molar-refractivity contribution >= 4 is 0 Å². The van der Waals surface area contributed by atoms with Crippen LogP contribution in [0.25, 0.3) is 0 Å². The number of nitrogens with one attached hydrogen (secondary N) is 1. The van der Waals surface area contributed by atoms with Gasteiger partial charge in [-0.15, -0.1) is 0 Å². The van der Waals surface area contributed by atoms with Gasteiger partial charge in [0.05, 0.1) is 0 Å². The second-order valence-corrected chi connectivity index (χ2v) is 6.55. The molecule has 2 aliphatic rings. The Morgan fingerprint density at radius 2 is 1.16 bits per heavy atom. The summed E-state index contributed by atoms with van der Waals surface area (Å²) in [4.78, 5) is 2.80. The number of hydrogen-bond acceptors (Lipinski definition) is 2. The Hall–Kier alpha value is -0.0800. The monoisotopic (exact) mass is 266 g/mol. The SMILES string of the molecule is C1CCCCCC(N2CCCNCC2)CCCCC1. The summed E-state index contributed by atoms with van der Waals surface area (Å²) < 4.78 is 0. The van der Waals surface area contributed by atoms with Crippen LogP contribution in [0.4, 0.5) is 0 Å². The van der Waals surface area contributed by atoms with Crippen LogP contribution in [0.2, 0.25) is 0 Å². The molecule has 0 atom stereocenters. The van der Waals surface area contributed by atoms with E-state index >= 15 is 0 Å². The molecule has 0 radical (unpaired) electrons. The van der Waals surface area contributed by atoms with Gasteiger partial charge in [0.2, 0.25) is 0 Å². The first kappa shape index (κ1) is 15.3. The minimum absolute atomic E-state index is 0.888. The summed E-state index contributed by atoms with van der Waals surface area (Å²) >= 11 is 0. The maximum Gasteiger partial charge on any atom is 0.0110 e. The van der Waals surface area contributed by atoms with E-state index in [0.717, 1.165) is 6.04 Å². The minimum Gasteiger partial charge on any atom is -0.315 e. The highest BCUT2D eigenvalue weighted by Crippen LogP contribution is 2.20. The maximum atomic E-state index is 3.54. The predicted molar refractivity (Wildman–Crippen MR) is 83.6 cm³/mol. The minimum atomic E-state index is 0.888. The van der Waals surface area contributed by atoms with Gasteiger partial charge in [-0.05, 0) is 32.4 Å². The average Bonchev–Trinajstić information content (AvgIpc) is 2.68. The summed E-state index contributed by atoms with van der Waals surface area (Å²) in [5.41, 5.74) is 0. The van der Waals surface area contributed by atoms with Crippen LogP contribution in [-0.4, -0.2) is 37.1 Å². The van der Waals surface area contributed by atoms with Crippen LogP contribution in [0.15, 0.2) is 0 Å². The van der Waals surface area contributed by atoms with Crippen molar-refractivity contribution in [3.8, 4) is 0 Å². The lowest BCUT2D eigenvalue weighted by Gasteiger charge is -2.31. The zero-order valence-electron chi connectivity index (χ0n) is 12.8. The van der Waals surface area contributed by atoms with Gasteiger partial charge < -0.3 is 5.32 Å². The Bertz CT molecular complexity index is 197.